The number of hydrogen-bond donors (Lipinski definition) is 0. The third kappa shape index (κ3) is 3.30. The molecule has 1 aromatic heterocycles. The molecule has 7 heteroatoms. The van der Waals surface area contributed by atoms with Crippen LogP contribution in [0.5, 0.6) is 0 Å². The van der Waals surface area contributed by atoms with Gasteiger partial charge in [-0.1, -0.05) is 31.4 Å². The minimum absolute atomic E-state index is 0.112. The normalized spacial score (nSPS) is 22.7. The Morgan fingerprint density at radius 1 is 1.04 bits per heavy atom. The molecule has 1 unspecified atom stereocenters. The van der Waals surface area contributed by atoms with Crippen molar-refractivity contribution >= 4 is 10.0 Å². The van der Waals surface area contributed by atoms with Crippen molar-refractivity contribution in [3.63, 3.8) is 0 Å². The lowest BCUT2D eigenvalue weighted by atomic mass is 9.84. The van der Waals surface area contributed by atoms with Gasteiger partial charge >= 0.3 is 0 Å². The summed E-state index contributed by atoms with van der Waals surface area (Å²) in [6.45, 7) is 2.91. The molecule has 1 saturated heterocycles. The first-order valence-electron chi connectivity index (χ1n) is 9.52. The van der Waals surface area contributed by atoms with E-state index in [2.05, 4.69) is 10.2 Å². The van der Waals surface area contributed by atoms with Gasteiger partial charge in [0.1, 0.15) is 12.2 Å². The Bertz CT molecular complexity index is 854. The minimum Gasteiger partial charge on any atom is -0.313 e. The number of hydrogen-bond acceptors (Lipinski definition) is 4. The number of rotatable bonds is 4. The molecule has 0 radical (unpaired) electrons. The Labute approximate surface area is 155 Å². The van der Waals surface area contributed by atoms with Crippen LogP contribution < -0.4 is 0 Å². The SMILES string of the molecule is Cc1nncn1C1CCN(S(=O)(=O)c2ccc(C3CCCCC3)cc2)C1. The zero-order chi connectivity index (χ0) is 18.1. The summed E-state index contributed by atoms with van der Waals surface area (Å²) >= 11 is 0. The van der Waals surface area contributed by atoms with Crippen LogP contribution in [0.4, 0.5) is 0 Å². The Balaban J connectivity index is 1.49. The average Bonchev–Trinajstić information content (AvgIpc) is 3.32. The molecule has 1 saturated carbocycles. The summed E-state index contributed by atoms with van der Waals surface area (Å²) in [5, 5.41) is 7.92. The highest BCUT2D eigenvalue weighted by atomic mass is 32.2. The summed E-state index contributed by atoms with van der Waals surface area (Å²) in [5.74, 6) is 1.42. The van der Waals surface area contributed by atoms with Gasteiger partial charge in [-0.3, -0.25) is 0 Å². The third-order valence-corrected chi connectivity index (χ3v) is 7.75. The van der Waals surface area contributed by atoms with Crippen molar-refractivity contribution < 1.29 is 8.42 Å². The molecule has 0 amide bonds. The van der Waals surface area contributed by atoms with E-state index in [1.165, 1.54) is 37.7 Å². The molecule has 26 heavy (non-hydrogen) atoms. The summed E-state index contributed by atoms with van der Waals surface area (Å²) in [5.41, 5.74) is 1.28. The van der Waals surface area contributed by atoms with Gasteiger partial charge in [0.15, 0.2) is 0 Å². The van der Waals surface area contributed by atoms with Crippen LogP contribution in [0.2, 0.25) is 0 Å². The van der Waals surface area contributed by atoms with E-state index >= 15 is 0 Å². The molecule has 0 bridgehead atoms. The van der Waals surface area contributed by atoms with Crippen LogP contribution in [-0.4, -0.2) is 40.6 Å². The molecule has 140 valence electrons. The fourth-order valence-electron chi connectivity index (χ4n) is 4.31. The number of benzene rings is 1. The van der Waals surface area contributed by atoms with Gasteiger partial charge in [-0.25, -0.2) is 8.42 Å². The zero-order valence-electron chi connectivity index (χ0n) is 15.2. The van der Waals surface area contributed by atoms with E-state index in [0.29, 0.717) is 23.9 Å². The molecule has 2 aromatic rings. The maximum Gasteiger partial charge on any atom is 0.243 e. The molecule has 1 atom stereocenters. The van der Waals surface area contributed by atoms with Crippen LogP contribution in [0.25, 0.3) is 0 Å². The van der Waals surface area contributed by atoms with E-state index in [0.717, 1.165) is 12.2 Å². The molecule has 2 aliphatic rings. The number of aryl methyl sites for hydroxylation is 1. The van der Waals surface area contributed by atoms with Gasteiger partial charge in [0.25, 0.3) is 0 Å². The van der Waals surface area contributed by atoms with Gasteiger partial charge in [-0.15, -0.1) is 10.2 Å². The van der Waals surface area contributed by atoms with E-state index in [9.17, 15) is 8.42 Å². The van der Waals surface area contributed by atoms with Crippen molar-refractivity contribution in [1.29, 1.82) is 0 Å². The Morgan fingerprint density at radius 2 is 1.77 bits per heavy atom. The van der Waals surface area contributed by atoms with Crippen molar-refractivity contribution in [3.8, 4) is 0 Å². The maximum absolute atomic E-state index is 13.0. The Morgan fingerprint density at radius 3 is 2.42 bits per heavy atom. The van der Waals surface area contributed by atoms with E-state index in [-0.39, 0.29) is 6.04 Å². The molecule has 1 aliphatic heterocycles. The van der Waals surface area contributed by atoms with Crippen molar-refractivity contribution in [2.45, 2.75) is 62.3 Å². The van der Waals surface area contributed by atoms with Crippen LogP contribution in [0.1, 0.15) is 61.9 Å². The van der Waals surface area contributed by atoms with Crippen molar-refractivity contribution in [2.75, 3.05) is 13.1 Å². The standard InChI is InChI=1S/C19H26N4O2S/c1-15-21-20-14-23(15)18-11-12-22(13-18)26(24,25)19-9-7-17(8-10-19)16-5-3-2-4-6-16/h7-10,14,16,18H,2-6,11-13H2,1H3. The fourth-order valence-corrected chi connectivity index (χ4v) is 5.80. The minimum atomic E-state index is -3.44. The molecule has 1 aromatic carbocycles. The van der Waals surface area contributed by atoms with Crippen LogP contribution >= 0.6 is 0 Å². The smallest absolute Gasteiger partial charge is 0.243 e. The predicted octanol–water partition coefficient (Wildman–Crippen LogP) is 3.27. The Kier molecular flexibility index (Phi) is 4.84. The van der Waals surface area contributed by atoms with Crippen LogP contribution in [0.15, 0.2) is 35.5 Å². The fraction of sp³-hybridized carbons (Fsp3) is 0.579. The van der Waals surface area contributed by atoms with Gasteiger partial charge in [0.2, 0.25) is 10.0 Å². The van der Waals surface area contributed by atoms with Crippen LogP contribution in [0.3, 0.4) is 0 Å². The molecule has 1 aliphatic carbocycles. The molecule has 6 nitrogen and oxygen atoms in total. The third-order valence-electron chi connectivity index (χ3n) is 5.87. The van der Waals surface area contributed by atoms with Crippen molar-refractivity contribution in [2.24, 2.45) is 0 Å². The van der Waals surface area contributed by atoms with Gasteiger partial charge in [-0.05, 0) is 49.8 Å². The van der Waals surface area contributed by atoms with E-state index < -0.39 is 10.0 Å². The number of aromatic nitrogens is 3. The number of sulfonamides is 1. The molecular formula is C19H26N4O2S. The first kappa shape index (κ1) is 17.7. The topological polar surface area (TPSA) is 68.1 Å². The number of nitrogens with zero attached hydrogens (tertiary/aromatic N) is 4. The van der Waals surface area contributed by atoms with Crippen molar-refractivity contribution in [1.82, 2.24) is 19.1 Å². The maximum atomic E-state index is 13.0. The summed E-state index contributed by atoms with van der Waals surface area (Å²) < 4.78 is 29.6. The highest BCUT2D eigenvalue weighted by Gasteiger charge is 2.34. The predicted molar refractivity (Wildman–Crippen MR) is 99.4 cm³/mol. The average molecular weight is 375 g/mol. The van der Waals surface area contributed by atoms with Crippen LogP contribution in [0, 0.1) is 6.92 Å². The Hall–Kier alpha value is -1.73. The molecule has 0 N–H and O–H groups in total. The quantitative estimate of drug-likeness (QED) is 0.824. The zero-order valence-corrected chi connectivity index (χ0v) is 16.0. The van der Waals surface area contributed by atoms with Gasteiger partial charge < -0.3 is 4.57 Å². The van der Waals surface area contributed by atoms with Crippen molar-refractivity contribution in [3.05, 3.63) is 42.0 Å². The molecule has 4 rings (SSSR count). The highest BCUT2D eigenvalue weighted by Crippen LogP contribution is 2.34. The van der Waals surface area contributed by atoms with Gasteiger partial charge in [-0.2, -0.15) is 4.31 Å². The lowest BCUT2D eigenvalue weighted by molar-refractivity contribution is 0.442. The first-order chi connectivity index (χ1) is 12.6. The van der Waals surface area contributed by atoms with Crippen LogP contribution in [-0.2, 0) is 10.0 Å². The van der Waals surface area contributed by atoms with Gasteiger partial charge in [0.05, 0.1) is 10.9 Å². The lowest BCUT2D eigenvalue weighted by Crippen LogP contribution is -2.29. The highest BCUT2D eigenvalue weighted by molar-refractivity contribution is 7.89. The van der Waals surface area contributed by atoms with E-state index in [1.54, 1.807) is 22.8 Å². The summed E-state index contributed by atoms with van der Waals surface area (Å²) in [6, 6.07) is 7.72. The first-order valence-corrected chi connectivity index (χ1v) is 11.0. The molecule has 2 fully saturated rings. The monoisotopic (exact) mass is 374 g/mol. The lowest BCUT2D eigenvalue weighted by Gasteiger charge is -2.22. The molecular weight excluding hydrogens is 348 g/mol. The van der Waals surface area contributed by atoms with E-state index in [1.807, 2.05) is 23.6 Å². The summed E-state index contributed by atoms with van der Waals surface area (Å²) in [4.78, 5) is 0.401. The second-order valence-corrected chi connectivity index (χ2v) is 9.43. The van der Waals surface area contributed by atoms with E-state index in [4.69, 9.17) is 0 Å². The van der Waals surface area contributed by atoms with Gasteiger partial charge in [0, 0.05) is 13.1 Å². The summed E-state index contributed by atoms with van der Waals surface area (Å²) in [7, 11) is -3.44. The molecule has 0 spiro atoms. The largest absolute Gasteiger partial charge is 0.313 e. The second kappa shape index (κ2) is 7.12. The molecule has 2 heterocycles. The second-order valence-electron chi connectivity index (χ2n) is 7.49. The summed E-state index contributed by atoms with van der Waals surface area (Å²) in [6.07, 6.45) is 8.81.